The van der Waals surface area contributed by atoms with Gasteiger partial charge in [-0.15, -0.1) is 0 Å². The first kappa shape index (κ1) is 10.9. The number of carbonyl (C=O) groups excluding carboxylic acids is 1. The Morgan fingerprint density at radius 1 is 1.50 bits per heavy atom. The van der Waals surface area contributed by atoms with Crippen LogP contribution >= 0.6 is 0 Å². The molecule has 0 bridgehead atoms. The average Bonchev–Trinajstić information content (AvgIpc) is 2.34. The van der Waals surface area contributed by atoms with Crippen molar-refractivity contribution in [2.24, 2.45) is 7.05 Å². The molecule has 1 aromatic heterocycles. The second-order valence-electron chi connectivity index (χ2n) is 2.36. The van der Waals surface area contributed by atoms with Gasteiger partial charge in [0.2, 0.25) is 0 Å². The quantitative estimate of drug-likeness (QED) is 0.601. The fraction of sp³-hybridized carbons (Fsp3) is 0.556. The predicted octanol–water partition coefficient (Wildman–Crippen LogP) is 1.96. The molecule has 1 heterocycles. The maximum Gasteiger partial charge on any atom is 0.163 e. The number of ketones is 1. The minimum atomic E-state index is 0.0746. The van der Waals surface area contributed by atoms with Crippen molar-refractivity contribution in [1.29, 1.82) is 0 Å². The second kappa shape index (κ2) is 4.70. The van der Waals surface area contributed by atoms with Crippen molar-refractivity contribution in [1.82, 2.24) is 9.78 Å². The molecular weight excluding hydrogens is 152 g/mol. The summed E-state index contributed by atoms with van der Waals surface area (Å²) in [5, 5.41) is 4.03. The van der Waals surface area contributed by atoms with Gasteiger partial charge in [-0.05, 0) is 13.8 Å². The van der Waals surface area contributed by atoms with E-state index < -0.39 is 0 Å². The second-order valence-corrected chi connectivity index (χ2v) is 2.36. The molecule has 0 aliphatic carbocycles. The Balaban J connectivity index is 0.000000561. The summed E-state index contributed by atoms with van der Waals surface area (Å²) in [5.41, 5.74) is 1.51. The van der Waals surface area contributed by atoms with Gasteiger partial charge in [-0.1, -0.05) is 13.8 Å². The Labute approximate surface area is 73.4 Å². The Kier molecular flexibility index (Phi) is 4.26. The van der Waals surface area contributed by atoms with Crippen LogP contribution < -0.4 is 0 Å². The Morgan fingerprint density at radius 3 is 2.17 bits per heavy atom. The molecule has 0 aliphatic rings. The summed E-state index contributed by atoms with van der Waals surface area (Å²) in [6, 6.07) is 0. The van der Waals surface area contributed by atoms with Crippen molar-refractivity contribution in [2.75, 3.05) is 0 Å². The minimum Gasteiger partial charge on any atom is -0.294 e. The summed E-state index contributed by atoms with van der Waals surface area (Å²) in [6.45, 7) is 7.38. The van der Waals surface area contributed by atoms with Crippen molar-refractivity contribution >= 4 is 5.78 Å². The van der Waals surface area contributed by atoms with Gasteiger partial charge in [0, 0.05) is 13.2 Å². The molecule has 0 fully saturated rings. The highest BCUT2D eigenvalue weighted by Gasteiger charge is 2.05. The molecule has 0 saturated carbocycles. The first-order chi connectivity index (χ1) is 5.61. The minimum absolute atomic E-state index is 0.0746. The summed E-state index contributed by atoms with van der Waals surface area (Å²) in [4.78, 5) is 10.8. The summed E-state index contributed by atoms with van der Waals surface area (Å²) >= 11 is 0. The maximum atomic E-state index is 10.8. The van der Waals surface area contributed by atoms with Crippen LogP contribution in [0.1, 0.15) is 36.8 Å². The van der Waals surface area contributed by atoms with Crippen LogP contribution in [0.2, 0.25) is 0 Å². The SMILES string of the molecule is CC.CC(=O)c1cn(C)nc1C. The molecule has 0 unspecified atom stereocenters. The standard InChI is InChI=1S/C7H10N2O.C2H6/c1-5-7(6(2)10)4-9(3)8-5;1-2/h4H,1-3H3;1-2H3. The van der Waals surface area contributed by atoms with E-state index in [0.717, 1.165) is 5.69 Å². The van der Waals surface area contributed by atoms with E-state index in [2.05, 4.69) is 5.10 Å². The van der Waals surface area contributed by atoms with Crippen LogP contribution in [0.3, 0.4) is 0 Å². The van der Waals surface area contributed by atoms with Crippen molar-refractivity contribution in [2.45, 2.75) is 27.7 Å². The van der Waals surface area contributed by atoms with E-state index in [9.17, 15) is 4.79 Å². The third-order valence-electron chi connectivity index (χ3n) is 1.39. The zero-order chi connectivity index (χ0) is 9.72. The lowest BCUT2D eigenvalue weighted by atomic mass is 10.2. The number of Topliss-reactive ketones (excluding diaryl/α,β-unsaturated/α-hetero) is 1. The van der Waals surface area contributed by atoms with Gasteiger partial charge >= 0.3 is 0 Å². The van der Waals surface area contributed by atoms with E-state index in [0.29, 0.717) is 5.56 Å². The Bertz CT molecular complexity index is 263. The summed E-state index contributed by atoms with van der Waals surface area (Å²) in [5.74, 6) is 0.0746. The molecule has 0 saturated heterocycles. The predicted molar refractivity (Wildman–Crippen MR) is 49.3 cm³/mol. The van der Waals surface area contributed by atoms with E-state index >= 15 is 0 Å². The molecule has 1 aromatic rings. The van der Waals surface area contributed by atoms with Crippen molar-refractivity contribution in [3.8, 4) is 0 Å². The molecule has 0 spiro atoms. The highest BCUT2D eigenvalue weighted by atomic mass is 16.1. The molecule has 3 heteroatoms. The van der Waals surface area contributed by atoms with Crippen molar-refractivity contribution in [3.05, 3.63) is 17.5 Å². The highest BCUT2D eigenvalue weighted by molar-refractivity contribution is 5.94. The van der Waals surface area contributed by atoms with E-state index in [1.165, 1.54) is 0 Å². The van der Waals surface area contributed by atoms with Gasteiger partial charge < -0.3 is 0 Å². The van der Waals surface area contributed by atoms with Crippen LogP contribution in [0.25, 0.3) is 0 Å². The van der Waals surface area contributed by atoms with Crippen LogP contribution in [0, 0.1) is 6.92 Å². The summed E-state index contributed by atoms with van der Waals surface area (Å²) in [7, 11) is 1.80. The zero-order valence-corrected chi connectivity index (χ0v) is 8.38. The molecule has 68 valence electrons. The first-order valence-electron chi connectivity index (χ1n) is 4.12. The molecule has 1 rings (SSSR count). The normalized spacial score (nSPS) is 8.75. The molecule has 12 heavy (non-hydrogen) atoms. The van der Waals surface area contributed by atoms with E-state index in [4.69, 9.17) is 0 Å². The van der Waals surface area contributed by atoms with Gasteiger partial charge in [0.25, 0.3) is 0 Å². The molecule has 0 atom stereocenters. The summed E-state index contributed by atoms with van der Waals surface area (Å²) < 4.78 is 1.64. The number of hydrogen-bond acceptors (Lipinski definition) is 2. The topological polar surface area (TPSA) is 34.9 Å². The molecule has 0 N–H and O–H groups in total. The molecule has 3 nitrogen and oxygen atoms in total. The van der Waals surface area contributed by atoms with E-state index in [1.807, 2.05) is 20.8 Å². The number of hydrogen-bond donors (Lipinski definition) is 0. The average molecular weight is 168 g/mol. The lowest BCUT2D eigenvalue weighted by Gasteiger charge is -1.85. The molecule has 0 amide bonds. The number of aryl methyl sites for hydroxylation is 2. The van der Waals surface area contributed by atoms with Crippen LogP contribution in [0.4, 0.5) is 0 Å². The van der Waals surface area contributed by atoms with Crippen LogP contribution in [0.5, 0.6) is 0 Å². The smallest absolute Gasteiger partial charge is 0.163 e. The lowest BCUT2D eigenvalue weighted by molar-refractivity contribution is 0.101. The molecule has 0 aliphatic heterocycles. The fourth-order valence-corrected chi connectivity index (χ4v) is 0.945. The Hall–Kier alpha value is -1.12. The molecule has 0 radical (unpaired) electrons. The molecular formula is C9H16N2O. The van der Waals surface area contributed by atoms with Gasteiger partial charge in [-0.2, -0.15) is 5.10 Å². The van der Waals surface area contributed by atoms with Crippen molar-refractivity contribution in [3.63, 3.8) is 0 Å². The van der Waals surface area contributed by atoms with Crippen LogP contribution in [-0.2, 0) is 7.05 Å². The zero-order valence-electron chi connectivity index (χ0n) is 8.38. The number of rotatable bonds is 1. The monoisotopic (exact) mass is 168 g/mol. The van der Waals surface area contributed by atoms with Gasteiger partial charge in [-0.25, -0.2) is 0 Å². The van der Waals surface area contributed by atoms with Crippen LogP contribution in [-0.4, -0.2) is 15.6 Å². The molecule has 0 aromatic carbocycles. The van der Waals surface area contributed by atoms with Gasteiger partial charge in [0.15, 0.2) is 5.78 Å². The third kappa shape index (κ3) is 2.49. The van der Waals surface area contributed by atoms with Crippen molar-refractivity contribution < 1.29 is 4.79 Å². The lowest BCUT2D eigenvalue weighted by Crippen LogP contribution is -1.90. The Morgan fingerprint density at radius 2 is 2.00 bits per heavy atom. The number of carbonyl (C=O) groups is 1. The van der Waals surface area contributed by atoms with E-state index in [-0.39, 0.29) is 5.78 Å². The van der Waals surface area contributed by atoms with Gasteiger partial charge in [0.1, 0.15) is 0 Å². The van der Waals surface area contributed by atoms with Gasteiger partial charge in [-0.3, -0.25) is 9.48 Å². The first-order valence-corrected chi connectivity index (χ1v) is 4.12. The highest BCUT2D eigenvalue weighted by Crippen LogP contribution is 2.04. The summed E-state index contributed by atoms with van der Waals surface area (Å²) in [6.07, 6.45) is 1.73. The maximum absolute atomic E-state index is 10.8. The number of nitrogens with zero attached hydrogens (tertiary/aromatic N) is 2. The third-order valence-corrected chi connectivity index (χ3v) is 1.39. The fourth-order valence-electron chi connectivity index (χ4n) is 0.945. The van der Waals surface area contributed by atoms with Gasteiger partial charge in [0.05, 0.1) is 11.3 Å². The number of aromatic nitrogens is 2. The van der Waals surface area contributed by atoms with Crippen LogP contribution in [0.15, 0.2) is 6.20 Å². The largest absolute Gasteiger partial charge is 0.294 e. The van der Waals surface area contributed by atoms with E-state index in [1.54, 1.807) is 24.9 Å².